The van der Waals surface area contributed by atoms with Crippen LogP contribution in [0.2, 0.25) is 0 Å². The highest BCUT2D eigenvalue weighted by Gasteiger charge is 2.25. The first kappa shape index (κ1) is 13.3. The van der Waals surface area contributed by atoms with Crippen LogP contribution in [0.5, 0.6) is 0 Å². The fourth-order valence-corrected chi connectivity index (χ4v) is 2.10. The average molecular weight is 265 g/mol. The van der Waals surface area contributed by atoms with Crippen molar-refractivity contribution in [2.75, 3.05) is 18.4 Å². The molecule has 0 unspecified atom stereocenters. The van der Waals surface area contributed by atoms with Gasteiger partial charge in [0, 0.05) is 24.7 Å². The molecule has 6 heteroatoms. The van der Waals surface area contributed by atoms with E-state index in [0.29, 0.717) is 31.6 Å². The van der Waals surface area contributed by atoms with E-state index in [-0.39, 0.29) is 23.7 Å². The smallest absolute Gasteiger partial charge is 0.321 e. The van der Waals surface area contributed by atoms with Gasteiger partial charge in [0.2, 0.25) is 5.91 Å². The van der Waals surface area contributed by atoms with E-state index < -0.39 is 0 Å². The van der Waals surface area contributed by atoms with Gasteiger partial charge in [0.15, 0.2) is 0 Å². The molecule has 1 aliphatic heterocycles. The molecule has 19 heavy (non-hydrogen) atoms. The van der Waals surface area contributed by atoms with Gasteiger partial charge in [-0.3, -0.25) is 4.79 Å². The lowest BCUT2D eigenvalue weighted by atomic mass is 9.96. The number of benzene rings is 1. The van der Waals surface area contributed by atoms with Gasteiger partial charge in [0.05, 0.1) is 0 Å². The lowest BCUT2D eigenvalue weighted by molar-refractivity contribution is -0.122. The van der Waals surface area contributed by atoms with Crippen molar-refractivity contribution in [2.24, 2.45) is 11.7 Å². The maximum absolute atomic E-state index is 12.7. The van der Waals surface area contributed by atoms with Crippen LogP contribution in [-0.2, 0) is 4.79 Å². The molecule has 3 amide bonds. The zero-order valence-electron chi connectivity index (χ0n) is 10.4. The molecule has 102 valence electrons. The summed E-state index contributed by atoms with van der Waals surface area (Å²) in [5.41, 5.74) is 5.78. The molecule has 0 bridgehead atoms. The SMILES string of the molecule is NC(=O)C1CCN(C(=O)Nc2ccc(F)cc2)CC1. The van der Waals surface area contributed by atoms with Crippen LogP contribution in [-0.4, -0.2) is 29.9 Å². The number of piperidine rings is 1. The van der Waals surface area contributed by atoms with E-state index in [9.17, 15) is 14.0 Å². The molecule has 1 saturated heterocycles. The number of rotatable bonds is 2. The van der Waals surface area contributed by atoms with Crippen LogP contribution in [0.3, 0.4) is 0 Å². The van der Waals surface area contributed by atoms with E-state index in [0.717, 1.165) is 0 Å². The minimum atomic E-state index is -0.347. The van der Waals surface area contributed by atoms with Crippen molar-refractivity contribution in [2.45, 2.75) is 12.8 Å². The third kappa shape index (κ3) is 3.43. The zero-order chi connectivity index (χ0) is 13.8. The number of nitrogens with two attached hydrogens (primary N) is 1. The molecule has 0 saturated carbocycles. The van der Waals surface area contributed by atoms with Crippen molar-refractivity contribution in [3.05, 3.63) is 30.1 Å². The Bertz CT molecular complexity index is 467. The van der Waals surface area contributed by atoms with Crippen LogP contribution in [0.25, 0.3) is 0 Å². The number of nitrogens with one attached hydrogen (secondary N) is 1. The minimum Gasteiger partial charge on any atom is -0.369 e. The molecule has 1 aromatic carbocycles. The van der Waals surface area contributed by atoms with E-state index in [1.54, 1.807) is 4.90 Å². The Morgan fingerprint density at radius 2 is 1.79 bits per heavy atom. The maximum atomic E-state index is 12.7. The number of carbonyl (C=O) groups excluding carboxylic acids is 2. The standard InChI is InChI=1S/C13H16FN3O2/c14-10-1-3-11(4-2-10)16-13(19)17-7-5-9(6-8-17)12(15)18/h1-4,9H,5-8H2,(H2,15,18)(H,16,19). The molecule has 5 nitrogen and oxygen atoms in total. The molecule has 2 rings (SSSR count). The van der Waals surface area contributed by atoms with Gasteiger partial charge in [-0.2, -0.15) is 0 Å². The molecule has 1 fully saturated rings. The largest absolute Gasteiger partial charge is 0.369 e. The van der Waals surface area contributed by atoms with Gasteiger partial charge >= 0.3 is 6.03 Å². The summed E-state index contributed by atoms with van der Waals surface area (Å²) in [6.07, 6.45) is 1.18. The van der Waals surface area contributed by atoms with Gasteiger partial charge in [-0.1, -0.05) is 0 Å². The summed E-state index contributed by atoms with van der Waals surface area (Å²) in [5, 5.41) is 2.69. The quantitative estimate of drug-likeness (QED) is 0.851. The molecule has 1 aromatic rings. The molecule has 1 aliphatic rings. The number of carbonyl (C=O) groups is 2. The Morgan fingerprint density at radius 1 is 1.21 bits per heavy atom. The van der Waals surface area contributed by atoms with Crippen molar-refractivity contribution in [1.82, 2.24) is 4.90 Å². The summed E-state index contributed by atoms with van der Waals surface area (Å²) in [4.78, 5) is 24.6. The Kier molecular flexibility index (Phi) is 3.99. The van der Waals surface area contributed by atoms with E-state index in [1.807, 2.05) is 0 Å². The van der Waals surface area contributed by atoms with E-state index >= 15 is 0 Å². The molecular formula is C13H16FN3O2. The van der Waals surface area contributed by atoms with Gasteiger partial charge in [-0.05, 0) is 37.1 Å². The lowest BCUT2D eigenvalue weighted by Gasteiger charge is -2.30. The third-order valence-electron chi connectivity index (χ3n) is 3.28. The second-order valence-corrected chi connectivity index (χ2v) is 4.60. The first-order valence-corrected chi connectivity index (χ1v) is 6.17. The Morgan fingerprint density at radius 3 is 2.32 bits per heavy atom. The summed E-state index contributed by atoms with van der Waals surface area (Å²) in [5.74, 6) is -0.797. The van der Waals surface area contributed by atoms with Crippen molar-refractivity contribution < 1.29 is 14.0 Å². The predicted molar refractivity (Wildman–Crippen MR) is 68.9 cm³/mol. The van der Waals surface area contributed by atoms with Crippen molar-refractivity contribution >= 4 is 17.6 Å². The molecule has 0 aliphatic carbocycles. The summed E-state index contributed by atoms with van der Waals surface area (Å²) in [7, 11) is 0. The van der Waals surface area contributed by atoms with E-state index in [2.05, 4.69) is 5.32 Å². The molecule has 0 aromatic heterocycles. The van der Waals surface area contributed by atoms with Crippen molar-refractivity contribution in [3.63, 3.8) is 0 Å². The predicted octanol–water partition coefficient (Wildman–Crippen LogP) is 1.55. The van der Waals surface area contributed by atoms with Crippen molar-refractivity contribution in [1.29, 1.82) is 0 Å². The lowest BCUT2D eigenvalue weighted by Crippen LogP contribution is -2.43. The van der Waals surface area contributed by atoms with Crippen LogP contribution in [0.15, 0.2) is 24.3 Å². The number of halogens is 1. The first-order chi connectivity index (χ1) is 9.06. The van der Waals surface area contributed by atoms with Crippen LogP contribution in [0.1, 0.15) is 12.8 Å². The summed E-state index contributed by atoms with van der Waals surface area (Å²) in [6, 6.07) is 5.34. The molecule has 0 radical (unpaired) electrons. The number of hydrogen-bond donors (Lipinski definition) is 2. The van der Waals surface area contributed by atoms with Crippen LogP contribution in [0, 0.1) is 11.7 Å². The fraction of sp³-hybridized carbons (Fsp3) is 0.385. The van der Waals surface area contributed by atoms with E-state index in [1.165, 1.54) is 24.3 Å². The number of nitrogens with zero attached hydrogens (tertiary/aromatic N) is 1. The number of amides is 3. The number of urea groups is 1. The monoisotopic (exact) mass is 265 g/mol. The minimum absolute atomic E-state index is 0.144. The number of anilines is 1. The Labute approximate surface area is 110 Å². The van der Waals surface area contributed by atoms with Crippen LogP contribution in [0.4, 0.5) is 14.9 Å². The number of hydrogen-bond acceptors (Lipinski definition) is 2. The molecule has 3 N–H and O–H groups in total. The molecule has 1 heterocycles. The van der Waals surface area contributed by atoms with Crippen LogP contribution < -0.4 is 11.1 Å². The highest BCUT2D eigenvalue weighted by Crippen LogP contribution is 2.18. The Balaban J connectivity index is 1.88. The molecular weight excluding hydrogens is 249 g/mol. The van der Waals surface area contributed by atoms with Gasteiger partial charge in [0.25, 0.3) is 0 Å². The average Bonchev–Trinajstić information content (AvgIpc) is 2.41. The number of likely N-dealkylation sites (tertiary alicyclic amines) is 1. The fourth-order valence-electron chi connectivity index (χ4n) is 2.10. The normalized spacial score (nSPS) is 16.2. The summed E-state index contributed by atoms with van der Waals surface area (Å²) < 4.78 is 12.7. The second kappa shape index (κ2) is 5.69. The second-order valence-electron chi connectivity index (χ2n) is 4.60. The first-order valence-electron chi connectivity index (χ1n) is 6.17. The topological polar surface area (TPSA) is 75.4 Å². The summed E-state index contributed by atoms with van der Waals surface area (Å²) >= 11 is 0. The van der Waals surface area contributed by atoms with Crippen LogP contribution >= 0.6 is 0 Å². The summed E-state index contributed by atoms with van der Waals surface area (Å²) in [6.45, 7) is 1.00. The molecule has 0 spiro atoms. The zero-order valence-corrected chi connectivity index (χ0v) is 10.4. The van der Waals surface area contributed by atoms with Gasteiger partial charge in [0.1, 0.15) is 5.82 Å². The Hall–Kier alpha value is -2.11. The van der Waals surface area contributed by atoms with Gasteiger partial charge < -0.3 is 16.0 Å². The van der Waals surface area contributed by atoms with Gasteiger partial charge in [-0.25, -0.2) is 9.18 Å². The molecule has 0 atom stereocenters. The highest BCUT2D eigenvalue weighted by atomic mass is 19.1. The van der Waals surface area contributed by atoms with Crippen molar-refractivity contribution in [3.8, 4) is 0 Å². The number of primary amides is 1. The van der Waals surface area contributed by atoms with Gasteiger partial charge in [-0.15, -0.1) is 0 Å². The highest BCUT2D eigenvalue weighted by molar-refractivity contribution is 5.89. The maximum Gasteiger partial charge on any atom is 0.321 e. The van der Waals surface area contributed by atoms with E-state index in [4.69, 9.17) is 5.73 Å². The third-order valence-corrected chi connectivity index (χ3v) is 3.28.